The first-order valence-corrected chi connectivity index (χ1v) is 10.7. The standard InChI is InChI=1S/C26H29NO5/c1-26(2)14-21-25(22(28)15-26)20(19-10-9-18(31-4)12-23(19)32-5)13-24(29)27(21)16-7-6-8-17(11-16)30-3/h6-12,20H,13-15H2,1-5H3. The molecule has 1 aliphatic heterocycles. The summed E-state index contributed by atoms with van der Waals surface area (Å²) in [6.45, 7) is 4.14. The average molecular weight is 436 g/mol. The molecule has 2 aromatic carbocycles. The molecule has 1 aliphatic carbocycles. The molecule has 0 N–H and O–H groups in total. The van der Waals surface area contributed by atoms with Crippen LogP contribution in [-0.4, -0.2) is 33.0 Å². The van der Waals surface area contributed by atoms with Crippen molar-refractivity contribution in [1.82, 2.24) is 0 Å². The van der Waals surface area contributed by atoms with Crippen LogP contribution >= 0.6 is 0 Å². The molecule has 6 heteroatoms. The summed E-state index contributed by atoms with van der Waals surface area (Å²) in [4.78, 5) is 28.7. The third-order valence-corrected chi connectivity index (χ3v) is 6.27. The number of rotatable bonds is 5. The molecule has 1 atom stereocenters. The number of ether oxygens (including phenoxy) is 3. The van der Waals surface area contributed by atoms with E-state index < -0.39 is 0 Å². The zero-order valence-corrected chi connectivity index (χ0v) is 19.2. The van der Waals surface area contributed by atoms with Gasteiger partial charge in [0.25, 0.3) is 0 Å². The van der Waals surface area contributed by atoms with Gasteiger partial charge in [-0.25, -0.2) is 0 Å². The van der Waals surface area contributed by atoms with Crippen LogP contribution in [-0.2, 0) is 9.59 Å². The molecular weight excluding hydrogens is 406 g/mol. The van der Waals surface area contributed by atoms with Crippen molar-refractivity contribution < 1.29 is 23.8 Å². The highest BCUT2D eigenvalue weighted by atomic mass is 16.5. The number of anilines is 1. The molecule has 0 saturated carbocycles. The maximum atomic E-state index is 13.5. The van der Waals surface area contributed by atoms with E-state index in [9.17, 15) is 9.59 Å². The van der Waals surface area contributed by atoms with Crippen LogP contribution in [0.5, 0.6) is 17.2 Å². The zero-order valence-electron chi connectivity index (χ0n) is 19.2. The predicted molar refractivity (Wildman–Crippen MR) is 122 cm³/mol. The van der Waals surface area contributed by atoms with Crippen molar-refractivity contribution in [3.63, 3.8) is 0 Å². The number of carbonyl (C=O) groups excluding carboxylic acids is 2. The van der Waals surface area contributed by atoms with Crippen LogP contribution < -0.4 is 19.1 Å². The molecule has 0 radical (unpaired) electrons. The topological polar surface area (TPSA) is 65.1 Å². The molecule has 1 heterocycles. The molecule has 6 nitrogen and oxygen atoms in total. The lowest BCUT2D eigenvalue weighted by atomic mass is 9.69. The third kappa shape index (κ3) is 3.85. The van der Waals surface area contributed by atoms with E-state index in [1.165, 1.54) is 0 Å². The molecule has 1 amide bonds. The van der Waals surface area contributed by atoms with Crippen LogP contribution in [0, 0.1) is 5.41 Å². The van der Waals surface area contributed by atoms with Crippen LogP contribution in [0.25, 0.3) is 0 Å². The van der Waals surface area contributed by atoms with Crippen LogP contribution in [0.2, 0.25) is 0 Å². The Hall–Kier alpha value is -3.28. The van der Waals surface area contributed by atoms with Crippen LogP contribution in [0.4, 0.5) is 5.69 Å². The number of allylic oxidation sites excluding steroid dienone is 2. The number of Topliss-reactive ketones (excluding diaryl/α,β-unsaturated/α-hetero) is 1. The Balaban J connectivity index is 1.90. The SMILES string of the molecule is COc1cccc(N2C(=O)CC(c3ccc(OC)cc3OC)C3=C2CC(C)(C)CC3=O)c1. The molecule has 32 heavy (non-hydrogen) atoms. The highest BCUT2D eigenvalue weighted by Crippen LogP contribution is 2.50. The quantitative estimate of drug-likeness (QED) is 0.670. The predicted octanol–water partition coefficient (Wildman–Crippen LogP) is 4.88. The number of ketones is 1. The molecule has 0 saturated heterocycles. The fourth-order valence-electron chi connectivity index (χ4n) is 4.84. The van der Waals surface area contributed by atoms with Crippen molar-refractivity contribution in [2.75, 3.05) is 26.2 Å². The number of hydrogen-bond donors (Lipinski definition) is 0. The van der Waals surface area contributed by atoms with Gasteiger partial charge < -0.3 is 14.2 Å². The minimum absolute atomic E-state index is 0.0506. The zero-order chi connectivity index (χ0) is 23.0. The molecule has 2 aromatic rings. The second-order valence-corrected chi connectivity index (χ2v) is 9.10. The molecular formula is C26H29NO5. The minimum atomic E-state index is -0.358. The van der Waals surface area contributed by atoms with Crippen molar-refractivity contribution >= 4 is 17.4 Å². The van der Waals surface area contributed by atoms with E-state index in [0.717, 1.165) is 11.3 Å². The first-order valence-electron chi connectivity index (χ1n) is 10.7. The number of nitrogens with zero attached hydrogens (tertiary/aromatic N) is 1. The maximum Gasteiger partial charge on any atom is 0.232 e. The van der Waals surface area contributed by atoms with E-state index >= 15 is 0 Å². The lowest BCUT2D eigenvalue weighted by Crippen LogP contribution is -2.43. The van der Waals surface area contributed by atoms with E-state index in [1.54, 1.807) is 32.3 Å². The maximum absolute atomic E-state index is 13.5. The van der Waals surface area contributed by atoms with Crippen LogP contribution in [0.3, 0.4) is 0 Å². The molecule has 4 rings (SSSR count). The number of hydrogen-bond acceptors (Lipinski definition) is 5. The molecule has 0 fully saturated rings. The van der Waals surface area contributed by atoms with E-state index in [-0.39, 0.29) is 29.4 Å². The Kier molecular flexibility index (Phi) is 5.71. The summed E-state index contributed by atoms with van der Waals surface area (Å²) < 4.78 is 16.3. The first kappa shape index (κ1) is 21.9. The van der Waals surface area contributed by atoms with Gasteiger partial charge in [-0.05, 0) is 30.0 Å². The second-order valence-electron chi connectivity index (χ2n) is 9.10. The summed E-state index contributed by atoms with van der Waals surface area (Å²) in [6, 6.07) is 13.0. The molecule has 0 aromatic heterocycles. The van der Waals surface area contributed by atoms with Crippen molar-refractivity contribution in [3.8, 4) is 17.2 Å². The van der Waals surface area contributed by atoms with Gasteiger partial charge >= 0.3 is 0 Å². The molecule has 0 spiro atoms. The second kappa shape index (κ2) is 8.34. The number of amides is 1. The summed E-state index contributed by atoms with van der Waals surface area (Å²) in [6.07, 6.45) is 1.26. The summed E-state index contributed by atoms with van der Waals surface area (Å²) in [7, 11) is 4.78. The van der Waals surface area contributed by atoms with Gasteiger partial charge in [0.05, 0.1) is 27.0 Å². The highest BCUT2D eigenvalue weighted by Gasteiger charge is 2.45. The van der Waals surface area contributed by atoms with Crippen LogP contribution in [0.1, 0.15) is 44.6 Å². The van der Waals surface area contributed by atoms with Gasteiger partial charge in [0.1, 0.15) is 17.2 Å². The van der Waals surface area contributed by atoms with Gasteiger partial charge in [-0.1, -0.05) is 26.0 Å². The Morgan fingerprint density at radius 3 is 2.31 bits per heavy atom. The Labute approximate surface area is 188 Å². The summed E-state index contributed by atoms with van der Waals surface area (Å²) >= 11 is 0. The summed E-state index contributed by atoms with van der Waals surface area (Å²) in [5.41, 5.74) is 2.79. The van der Waals surface area contributed by atoms with Crippen molar-refractivity contribution in [1.29, 1.82) is 0 Å². The van der Waals surface area contributed by atoms with Gasteiger partial charge in [-0.2, -0.15) is 0 Å². The van der Waals surface area contributed by atoms with E-state index in [0.29, 0.717) is 41.4 Å². The largest absolute Gasteiger partial charge is 0.497 e. The smallest absolute Gasteiger partial charge is 0.232 e. The molecule has 1 unspecified atom stereocenters. The minimum Gasteiger partial charge on any atom is -0.497 e. The van der Waals surface area contributed by atoms with Gasteiger partial charge in [0, 0.05) is 47.7 Å². The summed E-state index contributed by atoms with van der Waals surface area (Å²) in [5, 5.41) is 0. The monoisotopic (exact) mass is 435 g/mol. The fraction of sp³-hybridized carbons (Fsp3) is 0.385. The molecule has 0 bridgehead atoms. The van der Waals surface area contributed by atoms with Gasteiger partial charge in [0.2, 0.25) is 5.91 Å². The van der Waals surface area contributed by atoms with E-state index in [1.807, 2.05) is 36.4 Å². The van der Waals surface area contributed by atoms with Crippen molar-refractivity contribution in [2.24, 2.45) is 5.41 Å². The number of benzene rings is 2. The lowest BCUT2D eigenvalue weighted by Gasteiger charge is -2.43. The van der Waals surface area contributed by atoms with Crippen molar-refractivity contribution in [2.45, 2.75) is 39.0 Å². The number of carbonyl (C=O) groups is 2. The van der Waals surface area contributed by atoms with Crippen LogP contribution in [0.15, 0.2) is 53.7 Å². The van der Waals surface area contributed by atoms with E-state index in [2.05, 4.69) is 13.8 Å². The number of methoxy groups -OCH3 is 3. The normalized spacial score (nSPS) is 20.2. The van der Waals surface area contributed by atoms with Gasteiger partial charge in [0.15, 0.2) is 5.78 Å². The average Bonchev–Trinajstić information content (AvgIpc) is 2.77. The van der Waals surface area contributed by atoms with Gasteiger partial charge in [-0.15, -0.1) is 0 Å². The first-order chi connectivity index (χ1) is 15.3. The Morgan fingerprint density at radius 1 is 0.906 bits per heavy atom. The van der Waals surface area contributed by atoms with Crippen molar-refractivity contribution in [3.05, 3.63) is 59.3 Å². The Morgan fingerprint density at radius 2 is 1.62 bits per heavy atom. The highest BCUT2D eigenvalue weighted by molar-refractivity contribution is 6.08. The van der Waals surface area contributed by atoms with Gasteiger partial charge in [-0.3, -0.25) is 14.5 Å². The lowest BCUT2D eigenvalue weighted by molar-refractivity contribution is -0.121. The molecule has 168 valence electrons. The Bertz CT molecular complexity index is 1100. The molecule has 2 aliphatic rings. The fourth-order valence-corrected chi connectivity index (χ4v) is 4.84. The third-order valence-electron chi connectivity index (χ3n) is 6.27. The summed E-state index contributed by atoms with van der Waals surface area (Å²) in [5.74, 6) is 1.61. The van der Waals surface area contributed by atoms with E-state index in [4.69, 9.17) is 14.2 Å².